The number of benzene rings is 8. The van der Waals surface area contributed by atoms with E-state index in [-0.39, 0.29) is 0 Å². The Morgan fingerprint density at radius 3 is 1.94 bits per heavy atom. The number of hydrogen-bond donors (Lipinski definition) is 0. The summed E-state index contributed by atoms with van der Waals surface area (Å²) >= 11 is 1.88. The number of hydrogen-bond acceptors (Lipinski definition) is 2. The van der Waals surface area contributed by atoms with Crippen LogP contribution < -0.4 is 0 Å². The highest BCUT2D eigenvalue weighted by Gasteiger charge is 2.24. The molecule has 4 heteroatoms. The molecule has 8 aromatic carbocycles. The Bertz CT molecular complexity index is 3530. The number of para-hydroxylation sites is 3. The average Bonchev–Trinajstić information content (AvgIpc) is 3.97. The lowest BCUT2D eigenvalue weighted by molar-refractivity contribution is 1.19. The Hall–Kier alpha value is -6.75. The van der Waals surface area contributed by atoms with Crippen LogP contribution in [0.5, 0.6) is 0 Å². The highest BCUT2D eigenvalue weighted by atomic mass is 32.1. The van der Waals surface area contributed by atoms with Gasteiger partial charge in [0, 0.05) is 31.9 Å². The molecule has 0 N–H and O–H groups in total. The normalized spacial score (nSPS) is 12.5. The summed E-state index contributed by atoms with van der Waals surface area (Å²) in [6, 6.07) is 60.2. The van der Waals surface area contributed by atoms with Crippen LogP contribution in [-0.2, 0) is 0 Å². The van der Waals surface area contributed by atoms with Gasteiger partial charge in [-0.05, 0) is 80.6 Å². The molecular formula is C49H27N3S. The second-order valence-corrected chi connectivity index (χ2v) is 15.3. The van der Waals surface area contributed by atoms with E-state index in [0.29, 0.717) is 0 Å². The van der Waals surface area contributed by atoms with Crippen molar-refractivity contribution < 1.29 is 0 Å². The zero-order valence-corrected chi connectivity index (χ0v) is 29.2. The minimum Gasteiger partial charge on any atom is -0.308 e. The molecule has 4 aromatic heterocycles. The first-order valence-electron chi connectivity index (χ1n) is 18.1. The van der Waals surface area contributed by atoms with Crippen molar-refractivity contribution in [3.8, 4) is 39.1 Å². The van der Waals surface area contributed by atoms with Crippen molar-refractivity contribution in [2.75, 3.05) is 0 Å². The summed E-state index contributed by atoms with van der Waals surface area (Å²) in [4.78, 5) is 5.41. The maximum Gasteiger partial charge on any atom is 0.148 e. The van der Waals surface area contributed by atoms with Gasteiger partial charge in [-0.25, -0.2) is 4.98 Å². The van der Waals surface area contributed by atoms with Crippen LogP contribution in [0.2, 0.25) is 0 Å². The predicted octanol–water partition coefficient (Wildman–Crippen LogP) is 13.6. The lowest BCUT2D eigenvalue weighted by Crippen LogP contribution is -1.97. The number of fused-ring (bicyclic) bond motifs is 17. The summed E-state index contributed by atoms with van der Waals surface area (Å²) in [5, 5.41) is 8.83. The number of pyridine rings is 1. The first-order chi connectivity index (χ1) is 26.3. The Labute approximate surface area is 307 Å². The Morgan fingerprint density at radius 2 is 1.08 bits per heavy atom. The summed E-state index contributed by atoms with van der Waals surface area (Å²) in [5.74, 6) is 0. The van der Waals surface area contributed by atoms with Gasteiger partial charge in [0.2, 0.25) is 0 Å². The van der Waals surface area contributed by atoms with Crippen LogP contribution in [0.15, 0.2) is 164 Å². The highest BCUT2D eigenvalue weighted by molar-refractivity contribution is 7.26. The number of aromatic nitrogens is 3. The average molecular weight is 690 g/mol. The Kier molecular flexibility index (Phi) is 5.25. The SMILES string of the molecule is c1ccc2c(c1)-c1cccc3c(-c4ccc(-n5c6ccccc6c6ccc7c8sc9ccccc9c8n8c9ccccc9nc8c7c65)cc4)ccc-2c13. The maximum absolute atomic E-state index is 5.41. The van der Waals surface area contributed by atoms with E-state index in [4.69, 9.17) is 4.98 Å². The van der Waals surface area contributed by atoms with Gasteiger partial charge in [0.1, 0.15) is 5.65 Å². The van der Waals surface area contributed by atoms with Crippen molar-refractivity contribution in [3.63, 3.8) is 0 Å². The third kappa shape index (κ3) is 3.51. The van der Waals surface area contributed by atoms with E-state index < -0.39 is 0 Å². The zero-order valence-electron chi connectivity index (χ0n) is 28.3. The molecule has 0 amide bonds. The van der Waals surface area contributed by atoms with Gasteiger partial charge in [0.05, 0.1) is 37.7 Å². The van der Waals surface area contributed by atoms with Crippen LogP contribution in [0, 0.1) is 0 Å². The molecule has 4 heterocycles. The van der Waals surface area contributed by atoms with Gasteiger partial charge in [-0.15, -0.1) is 11.3 Å². The number of thiophene rings is 1. The summed E-state index contributed by atoms with van der Waals surface area (Å²) in [5.41, 5.74) is 15.7. The quantitative estimate of drug-likeness (QED) is 0.177. The van der Waals surface area contributed by atoms with Gasteiger partial charge in [-0.2, -0.15) is 0 Å². The molecule has 244 valence electrons. The molecule has 53 heavy (non-hydrogen) atoms. The third-order valence-corrected chi connectivity index (χ3v) is 12.8. The molecule has 12 aromatic rings. The molecular weight excluding hydrogens is 663 g/mol. The van der Waals surface area contributed by atoms with Gasteiger partial charge in [-0.1, -0.05) is 127 Å². The third-order valence-electron chi connectivity index (χ3n) is 11.6. The topological polar surface area (TPSA) is 22.2 Å². The minimum absolute atomic E-state index is 0.998. The van der Waals surface area contributed by atoms with E-state index in [1.807, 2.05) is 11.3 Å². The van der Waals surface area contributed by atoms with E-state index in [1.54, 1.807) is 0 Å². The van der Waals surface area contributed by atoms with E-state index in [1.165, 1.54) is 97.0 Å². The van der Waals surface area contributed by atoms with Crippen molar-refractivity contribution in [3.05, 3.63) is 164 Å². The first kappa shape index (κ1) is 27.9. The lowest BCUT2D eigenvalue weighted by Gasteiger charge is -2.14. The first-order valence-corrected chi connectivity index (χ1v) is 19.0. The van der Waals surface area contributed by atoms with Crippen LogP contribution >= 0.6 is 11.3 Å². The van der Waals surface area contributed by atoms with Gasteiger partial charge < -0.3 is 4.57 Å². The van der Waals surface area contributed by atoms with E-state index in [9.17, 15) is 0 Å². The Morgan fingerprint density at radius 1 is 0.415 bits per heavy atom. The summed E-state index contributed by atoms with van der Waals surface area (Å²) in [7, 11) is 0. The molecule has 0 bridgehead atoms. The maximum atomic E-state index is 5.41. The van der Waals surface area contributed by atoms with Gasteiger partial charge in [-0.3, -0.25) is 4.40 Å². The predicted molar refractivity (Wildman–Crippen MR) is 225 cm³/mol. The molecule has 3 nitrogen and oxygen atoms in total. The molecule has 1 aliphatic rings. The largest absolute Gasteiger partial charge is 0.308 e. The van der Waals surface area contributed by atoms with E-state index >= 15 is 0 Å². The lowest BCUT2D eigenvalue weighted by atomic mass is 9.94. The van der Waals surface area contributed by atoms with E-state index in [2.05, 4.69) is 173 Å². The monoisotopic (exact) mass is 689 g/mol. The molecule has 1 aliphatic carbocycles. The summed E-state index contributed by atoms with van der Waals surface area (Å²) in [6.07, 6.45) is 0. The molecule has 0 saturated heterocycles. The fourth-order valence-corrected chi connectivity index (χ4v) is 10.7. The van der Waals surface area contributed by atoms with Gasteiger partial charge >= 0.3 is 0 Å². The van der Waals surface area contributed by atoms with Crippen LogP contribution in [0.4, 0.5) is 0 Å². The molecule has 0 unspecified atom stereocenters. The number of imidazole rings is 1. The summed E-state index contributed by atoms with van der Waals surface area (Å²) < 4.78 is 7.47. The van der Waals surface area contributed by atoms with Crippen LogP contribution in [0.1, 0.15) is 0 Å². The van der Waals surface area contributed by atoms with Crippen LogP contribution in [0.25, 0.3) is 119 Å². The van der Waals surface area contributed by atoms with Crippen LogP contribution in [0.3, 0.4) is 0 Å². The molecule has 0 atom stereocenters. The van der Waals surface area contributed by atoms with E-state index in [0.717, 1.165) is 22.4 Å². The molecule has 13 rings (SSSR count). The minimum atomic E-state index is 0.998. The molecule has 0 fully saturated rings. The molecule has 0 spiro atoms. The second kappa shape index (κ2) is 9.97. The van der Waals surface area contributed by atoms with Crippen molar-refractivity contribution in [1.82, 2.24) is 14.0 Å². The number of rotatable bonds is 2. The molecule has 0 aliphatic heterocycles. The fourth-order valence-electron chi connectivity index (χ4n) is 9.45. The summed E-state index contributed by atoms with van der Waals surface area (Å²) in [6.45, 7) is 0. The van der Waals surface area contributed by atoms with Crippen molar-refractivity contribution in [2.45, 2.75) is 0 Å². The van der Waals surface area contributed by atoms with Gasteiger partial charge in [0.15, 0.2) is 0 Å². The zero-order chi connectivity index (χ0) is 34.4. The smallest absolute Gasteiger partial charge is 0.148 e. The van der Waals surface area contributed by atoms with Crippen molar-refractivity contribution in [2.24, 2.45) is 0 Å². The fraction of sp³-hybridized carbons (Fsp3) is 0. The standard InChI is InChI=1S/C49H27N3S/c1-2-11-32-31(10-1)35-15-9-14-34-30(24-25-36(32)44(34)35)28-20-22-29(23-21-28)51-41-17-6-3-12-33(41)37-26-27-39-45(46(37)51)49-50-40-16-5-7-18-42(40)52(49)47-38-13-4-8-19-43(38)53-48(39)47/h1-27H. The van der Waals surface area contributed by atoms with Crippen LogP contribution in [-0.4, -0.2) is 14.0 Å². The van der Waals surface area contributed by atoms with Crippen molar-refractivity contribution >= 4 is 91.7 Å². The van der Waals surface area contributed by atoms with Gasteiger partial charge in [0.25, 0.3) is 0 Å². The molecule has 0 saturated carbocycles. The second-order valence-electron chi connectivity index (χ2n) is 14.3. The highest BCUT2D eigenvalue weighted by Crippen LogP contribution is 2.50. The Balaban J connectivity index is 1.11. The molecule has 0 radical (unpaired) electrons. The number of nitrogens with zero attached hydrogens (tertiary/aromatic N) is 3. The van der Waals surface area contributed by atoms with Crippen molar-refractivity contribution in [1.29, 1.82) is 0 Å².